The number of aromatic nitrogens is 4. The number of rotatable bonds is 19. The molecule has 61 heavy (non-hydrogen) atoms. The Bertz CT molecular complexity index is 2200. The van der Waals surface area contributed by atoms with Gasteiger partial charge in [0, 0.05) is 82.9 Å². The van der Waals surface area contributed by atoms with Crippen LogP contribution in [0.15, 0.2) is 48.8 Å². The largest absolute Gasteiger partial charge is 0.481 e. The zero-order valence-corrected chi connectivity index (χ0v) is 34.5. The number of hydrogen-bond acceptors (Lipinski definition) is 9. The first-order chi connectivity index (χ1) is 29.0. The van der Waals surface area contributed by atoms with Crippen LogP contribution in [-0.2, 0) is 22.8 Å². The fourth-order valence-electron chi connectivity index (χ4n) is 7.57. The quantitative estimate of drug-likeness (QED) is 0.0509. The fourth-order valence-corrected chi connectivity index (χ4v) is 7.83. The van der Waals surface area contributed by atoms with Gasteiger partial charge in [0.25, 0.3) is 11.8 Å². The lowest BCUT2D eigenvalue weighted by Crippen LogP contribution is -2.52. The fraction of sp³-hybridized carbons (Fsp3) is 0.450. The maximum absolute atomic E-state index is 14.6. The van der Waals surface area contributed by atoms with Gasteiger partial charge in [-0.25, -0.2) is 14.1 Å². The Labute approximate surface area is 354 Å². The van der Waals surface area contributed by atoms with Gasteiger partial charge in [-0.05, 0) is 49.5 Å². The minimum Gasteiger partial charge on any atom is -0.481 e. The Hall–Kier alpha value is -5.57. The Kier molecular flexibility index (Phi) is 15.5. The molecule has 2 aromatic heterocycles. The van der Waals surface area contributed by atoms with Gasteiger partial charge >= 0.3 is 12.1 Å². The highest BCUT2D eigenvalue weighted by Gasteiger charge is 2.39. The molecule has 0 radical (unpaired) electrons. The molecule has 8 N–H and O–H groups in total. The van der Waals surface area contributed by atoms with Crippen LogP contribution in [0, 0.1) is 5.82 Å². The van der Waals surface area contributed by atoms with Crippen LogP contribution >= 0.6 is 11.6 Å². The summed E-state index contributed by atoms with van der Waals surface area (Å²) in [6.07, 6.45) is 0.182. The second kappa shape index (κ2) is 20.3. The Morgan fingerprint density at radius 1 is 0.902 bits per heavy atom. The molecule has 1 fully saturated rings. The van der Waals surface area contributed by atoms with Crippen molar-refractivity contribution in [2.45, 2.75) is 44.7 Å². The first-order valence-corrected chi connectivity index (χ1v) is 20.2. The molecule has 1 aliphatic heterocycles. The molecule has 16 nitrogen and oxygen atoms in total. The number of hydrogen-bond donors (Lipinski definition) is 5. The van der Waals surface area contributed by atoms with E-state index in [-0.39, 0.29) is 70.5 Å². The summed E-state index contributed by atoms with van der Waals surface area (Å²) in [5.74, 6) is -3.18. The number of piperazine rings is 1. The number of nitrogen functional groups attached to an aromatic ring is 1. The standard InChI is InChI=1S/C40H50ClF4N11O5/c1-52-33(29-25-55(51-36(29)40(43,44)45)32-11-8-26(48)22-31(32)42)24-49-37(52)38(60)50-27-9-10-28(30(41)23-27)39(61)54-16-14-53(15-17-54)34(57)6-2-18-56(20-4-12-46,21-5-13-47)19-3-7-35(58)59/h8-11,22-25H,2-7,12-21,46-48H2,1H3,(H-,50,58,59,60,61)/p+1. The van der Waals surface area contributed by atoms with E-state index in [2.05, 4.69) is 15.4 Å². The highest BCUT2D eigenvalue weighted by atomic mass is 35.5. The number of carboxylic acid groups (broad SMARTS) is 1. The smallest absolute Gasteiger partial charge is 0.435 e. The molecular formula is C40H51ClF4N11O5+. The molecule has 3 heterocycles. The summed E-state index contributed by atoms with van der Waals surface area (Å²) in [7, 11) is 1.34. The molecule has 0 atom stereocenters. The third kappa shape index (κ3) is 11.6. The van der Waals surface area contributed by atoms with Crippen LogP contribution in [0.5, 0.6) is 0 Å². The topological polar surface area (TPSA) is 221 Å². The summed E-state index contributed by atoms with van der Waals surface area (Å²) in [6, 6.07) is 7.73. The Morgan fingerprint density at radius 2 is 1.52 bits per heavy atom. The van der Waals surface area contributed by atoms with E-state index in [0.29, 0.717) is 63.0 Å². The van der Waals surface area contributed by atoms with Crippen LogP contribution in [0.1, 0.15) is 65.2 Å². The van der Waals surface area contributed by atoms with E-state index in [1.165, 1.54) is 37.4 Å². The highest BCUT2D eigenvalue weighted by Crippen LogP contribution is 2.37. The lowest BCUT2D eigenvalue weighted by molar-refractivity contribution is -0.928. The van der Waals surface area contributed by atoms with Crippen molar-refractivity contribution in [1.82, 2.24) is 29.1 Å². The third-order valence-electron chi connectivity index (χ3n) is 10.8. The first kappa shape index (κ1) is 46.5. The van der Waals surface area contributed by atoms with Gasteiger partial charge in [-0.15, -0.1) is 0 Å². The van der Waals surface area contributed by atoms with E-state index in [1.54, 1.807) is 9.80 Å². The average molecular weight is 877 g/mol. The van der Waals surface area contributed by atoms with Gasteiger partial charge in [-0.2, -0.15) is 18.3 Å². The van der Waals surface area contributed by atoms with Crippen molar-refractivity contribution in [3.63, 3.8) is 0 Å². The molecule has 1 saturated heterocycles. The van der Waals surface area contributed by atoms with Crippen molar-refractivity contribution >= 4 is 46.7 Å². The number of anilines is 2. The summed E-state index contributed by atoms with van der Waals surface area (Å²) >= 11 is 6.53. The number of amides is 3. The van der Waals surface area contributed by atoms with E-state index < -0.39 is 35.1 Å². The van der Waals surface area contributed by atoms with Crippen molar-refractivity contribution in [3.05, 3.63) is 76.7 Å². The molecule has 1 aliphatic rings. The maximum atomic E-state index is 14.6. The van der Waals surface area contributed by atoms with E-state index in [1.807, 2.05) is 0 Å². The summed E-state index contributed by atoms with van der Waals surface area (Å²) in [4.78, 5) is 58.6. The van der Waals surface area contributed by atoms with Gasteiger partial charge in [0.1, 0.15) is 5.69 Å². The maximum Gasteiger partial charge on any atom is 0.435 e. The number of quaternary nitrogens is 1. The first-order valence-electron chi connectivity index (χ1n) is 19.9. The summed E-state index contributed by atoms with van der Waals surface area (Å²) in [5.41, 5.74) is 15.5. The van der Waals surface area contributed by atoms with E-state index in [4.69, 9.17) is 28.8 Å². The van der Waals surface area contributed by atoms with Crippen LogP contribution in [0.4, 0.5) is 28.9 Å². The average Bonchev–Trinajstić information content (AvgIpc) is 3.83. The molecule has 0 saturated carbocycles. The Balaban J connectivity index is 1.18. The normalized spacial score (nSPS) is 13.4. The van der Waals surface area contributed by atoms with Crippen LogP contribution in [-0.4, -0.2) is 128 Å². The van der Waals surface area contributed by atoms with E-state index >= 15 is 0 Å². The molecule has 3 amide bonds. The van der Waals surface area contributed by atoms with E-state index in [9.17, 15) is 41.8 Å². The number of nitrogens with zero attached hydrogens (tertiary/aromatic N) is 7. The molecule has 21 heteroatoms. The number of carboxylic acids is 1. The second-order valence-corrected chi connectivity index (χ2v) is 15.4. The molecule has 0 aliphatic carbocycles. The zero-order valence-electron chi connectivity index (χ0n) is 33.8. The zero-order chi connectivity index (χ0) is 44.5. The molecule has 0 unspecified atom stereocenters. The summed E-state index contributed by atoms with van der Waals surface area (Å²) in [5, 5.41) is 15.4. The number of imidazole rings is 1. The van der Waals surface area contributed by atoms with Crippen molar-refractivity contribution in [2.24, 2.45) is 18.5 Å². The minimum atomic E-state index is -4.94. The van der Waals surface area contributed by atoms with Crippen LogP contribution in [0.2, 0.25) is 5.02 Å². The summed E-state index contributed by atoms with van der Waals surface area (Å²) < 4.78 is 59.5. The number of halogens is 5. The van der Waals surface area contributed by atoms with Crippen LogP contribution < -0.4 is 22.5 Å². The third-order valence-corrected chi connectivity index (χ3v) is 11.1. The molecular weight excluding hydrogens is 826 g/mol. The molecule has 2 aromatic carbocycles. The number of carbonyl (C=O) groups is 4. The Morgan fingerprint density at radius 3 is 2.11 bits per heavy atom. The lowest BCUT2D eigenvalue weighted by atomic mass is 10.1. The number of nitrogens with one attached hydrogen (secondary N) is 1. The van der Waals surface area contributed by atoms with Gasteiger partial charge in [0.05, 0.1) is 60.6 Å². The van der Waals surface area contributed by atoms with Crippen molar-refractivity contribution in [3.8, 4) is 16.9 Å². The SMILES string of the molecule is Cn1c(-c2cn(-c3ccc(N)cc3F)nc2C(F)(F)F)cnc1C(=O)Nc1ccc(C(=O)N2CCN(C(=O)CCC[N+](CCCN)(CCCN)CCCC(=O)O)CC2)c(Cl)c1. The number of aliphatic carboxylic acids is 1. The predicted octanol–water partition coefficient (Wildman–Crippen LogP) is 4.36. The van der Waals surface area contributed by atoms with Gasteiger partial charge in [-0.3, -0.25) is 19.2 Å². The van der Waals surface area contributed by atoms with Gasteiger partial charge in [0.2, 0.25) is 5.91 Å². The van der Waals surface area contributed by atoms with Crippen molar-refractivity contribution in [2.75, 3.05) is 76.5 Å². The monoisotopic (exact) mass is 876 g/mol. The van der Waals surface area contributed by atoms with E-state index in [0.717, 1.165) is 53.6 Å². The lowest BCUT2D eigenvalue weighted by Gasteiger charge is -2.39. The van der Waals surface area contributed by atoms with Gasteiger partial charge in [-0.1, -0.05) is 11.6 Å². The molecule has 4 aromatic rings. The van der Waals surface area contributed by atoms with Gasteiger partial charge in [0.15, 0.2) is 17.3 Å². The molecule has 5 rings (SSSR count). The molecule has 330 valence electrons. The summed E-state index contributed by atoms with van der Waals surface area (Å²) in [6.45, 7) is 5.15. The van der Waals surface area contributed by atoms with Crippen LogP contribution in [0.3, 0.4) is 0 Å². The van der Waals surface area contributed by atoms with Crippen molar-refractivity contribution in [1.29, 1.82) is 0 Å². The molecule has 0 bridgehead atoms. The molecule has 0 spiro atoms. The number of nitrogens with two attached hydrogens (primary N) is 3. The highest BCUT2D eigenvalue weighted by molar-refractivity contribution is 6.34. The number of benzene rings is 2. The van der Waals surface area contributed by atoms with Crippen LogP contribution in [0.25, 0.3) is 16.9 Å². The second-order valence-electron chi connectivity index (χ2n) is 15.0. The van der Waals surface area contributed by atoms with Gasteiger partial charge < -0.3 is 46.5 Å². The number of alkyl halides is 3. The number of carbonyl (C=O) groups excluding carboxylic acids is 3. The predicted molar refractivity (Wildman–Crippen MR) is 220 cm³/mol. The van der Waals surface area contributed by atoms with Crippen molar-refractivity contribution < 1.29 is 46.3 Å². The minimum absolute atomic E-state index is 0.0317.